The molecule has 3 aromatic rings. The van der Waals surface area contributed by atoms with Gasteiger partial charge in [-0.25, -0.2) is 4.79 Å². The molecule has 0 radical (unpaired) electrons. The molecule has 0 fully saturated rings. The molecule has 0 bridgehead atoms. The van der Waals surface area contributed by atoms with Gasteiger partial charge >= 0.3 is 17.3 Å². The maximum absolute atomic E-state index is 11.6. The van der Waals surface area contributed by atoms with Gasteiger partial charge in [-0.05, 0) is 6.07 Å². The van der Waals surface area contributed by atoms with E-state index in [0.717, 1.165) is 4.57 Å². The fourth-order valence-electron chi connectivity index (χ4n) is 2.32. The quantitative estimate of drug-likeness (QED) is 0.264. The molecule has 0 atom stereocenters. The number of fused-ring (bicyclic) bond motifs is 3. The number of carbonyl (C=O) groups is 1. The van der Waals surface area contributed by atoms with E-state index in [4.69, 9.17) is 15.0 Å². The lowest BCUT2D eigenvalue weighted by atomic mass is 10.1. The van der Waals surface area contributed by atoms with E-state index in [1.807, 2.05) is 0 Å². The van der Waals surface area contributed by atoms with Crippen molar-refractivity contribution in [2.45, 2.75) is 0 Å². The fraction of sp³-hybridized carbons (Fsp3) is 0.0714. The Bertz CT molecular complexity index is 1080. The van der Waals surface area contributed by atoms with Crippen LogP contribution in [0.15, 0.2) is 39.9 Å². The van der Waals surface area contributed by atoms with Gasteiger partial charge in [-0.2, -0.15) is 0 Å². The summed E-state index contributed by atoms with van der Waals surface area (Å²) < 4.78 is 1.12. The molecule has 10 heteroatoms. The molecule has 3 N–H and O–H groups in total. The van der Waals surface area contributed by atoms with Crippen LogP contribution in [0.3, 0.4) is 0 Å². The predicted molar refractivity (Wildman–Crippen MR) is 84.6 cm³/mol. The van der Waals surface area contributed by atoms with Gasteiger partial charge in [-0.15, -0.1) is 0 Å². The zero-order valence-electron chi connectivity index (χ0n) is 12.2. The number of nitrogens with zero attached hydrogens (tertiary/aromatic N) is 2. The molecule has 24 heavy (non-hydrogen) atoms. The van der Waals surface area contributed by atoms with Crippen LogP contribution >= 0.6 is 0 Å². The second-order valence-corrected chi connectivity index (χ2v) is 4.69. The maximum atomic E-state index is 11.6. The Balaban J connectivity index is 0.000000471. The summed E-state index contributed by atoms with van der Waals surface area (Å²) >= 11 is 0. The van der Waals surface area contributed by atoms with E-state index in [1.165, 1.54) is 13.1 Å². The van der Waals surface area contributed by atoms with Crippen LogP contribution in [0.2, 0.25) is 0 Å². The van der Waals surface area contributed by atoms with Crippen molar-refractivity contribution in [3.05, 3.63) is 61.2 Å². The van der Waals surface area contributed by atoms with Crippen molar-refractivity contribution in [3.63, 3.8) is 0 Å². The first-order valence-electron chi connectivity index (χ1n) is 6.45. The summed E-state index contributed by atoms with van der Waals surface area (Å²) in [4.78, 5) is 45.0. The number of nitro groups is 1. The predicted octanol–water partition coefficient (Wildman–Crippen LogP) is 1.51. The topological polar surface area (TPSA) is 156 Å². The van der Waals surface area contributed by atoms with Crippen molar-refractivity contribution in [1.82, 2.24) is 9.55 Å². The summed E-state index contributed by atoms with van der Waals surface area (Å²) in [6.45, 7) is 0. The van der Waals surface area contributed by atoms with Crippen LogP contribution in [0.25, 0.3) is 21.8 Å². The highest BCUT2D eigenvalue weighted by atomic mass is 16.6. The second kappa shape index (κ2) is 6.20. The van der Waals surface area contributed by atoms with Crippen molar-refractivity contribution >= 4 is 33.6 Å². The van der Waals surface area contributed by atoms with Gasteiger partial charge in [0.15, 0.2) is 0 Å². The molecule has 0 aliphatic carbocycles. The molecule has 0 aliphatic heterocycles. The SMILES string of the molecule is Cn1c(=O)c(=O)[nH]c2c3ccccc3c([N+](=O)[O-])cc21.O=C(O)O. The van der Waals surface area contributed by atoms with Crippen molar-refractivity contribution < 1.29 is 19.9 Å². The van der Waals surface area contributed by atoms with Crippen LogP contribution in [0.5, 0.6) is 0 Å². The van der Waals surface area contributed by atoms with Gasteiger partial charge in [0.05, 0.1) is 21.3 Å². The van der Waals surface area contributed by atoms with E-state index in [1.54, 1.807) is 24.3 Å². The highest BCUT2D eigenvalue weighted by molar-refractivity contribution is 6.08. The molecule has 2 aromatic carbocycles. The van der Waals surface area contributed by atoms with Crippen molar-refractivity contribution in [2.75, 3.05) is 0 Å². The standard InChI is InChI=1S/C13H9N3O4.CH2O3/c1-15-10-6-9(16(19)20)7-4-2-3-5-8(7)11(10)14-12(17)13(15)18;2-1(3)4/h2-6H,1H3,(H,14,17);(H2,2,3,4). The van der Waals surface area contributed by atoms with Gasteiger partial charge in [0.2, 0.25) is 0 Å². The number of nitrogens with one attached hydrogen (secondary N) is 1. The number of nitro benzene ring substituents is 1. The van der Waals surface area contributed by atoms with Gasteiger partial charge in [-0.1, -0.05) is 18.2 Å². The molecule has 124 valence electrons. The van der Waals surface area contributed by atoms with Gasteiger partial charge in [-0.3, -0.25) is 19.7 Å². The van der Waals surface area contributed by atoms with E-state index in [-0.39, 0.29) is 5.69 Å². The number of rotatable bonds is 1. The highest BCUT2D eigenvalue weighted by Gasteiger charge is 2.17. The minimum atomic E-state index is -1.83. The minimum Gasteiger partial charge on any atom is -0.450 e. The molecule has 0 aliphatic rings. The number of hydrogen-bond donors (Lipinski definition) is 3. The number of hydrogen-bond acceptors (Lipinski definition) is 5. The lowest BCUT2D eigenvalue weighted by Gasteiger charge is -2.07. The highest BCUT2D eigenvalue weighted by Crippen LogP contribution is 2.30. The second-order valence-electron chi connectivity index (χ2n) is 4.69. The Labute approximate surface area is 132 Å². The number of aromatic amines is 1. The molecule has 10 nitrogen and oxygen atoms in total. The van der Waals surface area contributed by atoms with Crippen LogP contribution in [-0.2, 0) is 7.05 Å². The summed E-state index contributed by atoms with van der Waals surface area (Å²) in [5, 5.41) is 26.1. The lowest BCUT2D eigenvalue weighted by Crippen LogP contribution is -2.34. The Morgan fingerprint density at radius 1 is 1.21 bits per heavy atom. The molecule has 0 saturated heterocycles. The van der Waals surface area contributed by atoms with Gasteiger partial charge in [0.25, 0.3) is 5.69 Å². The average molecular weight is 333 g/mol. The third-order valence-corrected chi connectivity index (χ3v) is 3.30. The number of aromatic nitrogens is 2. The number of carboxylic acid groups (broad SMARTS) is 2. The van der Waals surface area contributed by atoms with Crippen LogP contribution < -0.4 is 11.1 Å². The summed E-state index contributed by atoms with van der Waals surface area (Å²) in [6.07, 6.45) is -1.83. The molecule has 0 spiro atoms. The number of benzene rings is 2. The first kappa shape index (κ1) is 16.7. The van der Waals surface area contributed by atoms with Crippen LogP contribution in [0.4, 0.5) is 10.5 Å². The maximum Gasteiger partial charge on any atom is 0.503 e. The Morgan fingerprint density at radius 3 is 2.29 bits per heavy atom. The zero-order chi connectivity index (χ0) is 18.0. The number of non-ortho nitro benzene ring substituents is 1. The van der Waals surface area contributed by atoms with Crippen molar-refractivity contribution in [2.24, 2.45) is 7.05 Å². The van der Waals surface area contributed by atoms with E-state index in [2.05, 4.69) is 4.98 Å². The third-order valence-electron chi connectivity index (χ3n) is 3.30. The van der Waals surface area contributed by atoms with E-state index >= 15 is 0 Å². The molecule has 1 heterocycles. The van der Waals surface area contributed by atoms with E-state index in [0.29, 0.717) is 21.8 Å². The first-order valence-corrected chi connectivity index (χ1v) is 6.45. The number of aryl methyl sites for hydroxylation is 1. The lowest BCUT2D eigenvalue weighted by molar-refractivity contribution is -0.383. The summed E-state index contributed by atoms with van der Waals surface area (Å²) in [7, 11) is 1.42. The Hall–Kier alpha value is -3.69. The van der Waals surface area contributed by atoms with E-state index in [9.17, 15) is 19.7 Å². The summed E-state index contributed by atoms with van der Waals surface area (Å²) in [6, 6.07) is 7.98. The summed E-state index contributed by atoms with van der Waals surface area (Å²) in [5.74, 6) is 0. The average Bonchev–Trinajstić information content (AvgIpc) is 2.51. The first-order chi connectivity index (χ1) is 11.2. The summed E-state index contributed by atoms with van der Waals surface area (Å²) in [5.41, 5.74) is -0.866. The van der Waals surface area contributed by atoms with E-state index < -0.39 is 22.2 Å². The van der Waals surface area contributed by atoms with Crippen molar-refractivity contribution in [3.8, 4) is 0 Å². The third kappa shape index (κ3) is 2.92. The van der Waals surface area contributed by atoms with Crippen LogP contribution in [0.1, 0.15) is 0 Å². The monoisotopic (exact) mass is 333 g/mol. The molecule has 0 amide bonds. The number of H-pyrrole nitrogens is 1. The molecular weight excluding hydrogens is 322 g/mol. The van der Waals surface area contributed by atoms with Gasteiger partial charge < -0.3 is 19.8 Å². The van der Waals surface area contributed by atoms with Crippen LogP contribution in [0, 0.1) is 10.1 Å². The molecule has 1 aromatic heterocycles. The minimum absolute atomic E-state index is 0.102. The largest absolute Gasteiger partial charge is 0.503 e. The van der Waals surface area contributed by atoms with Gasteiger partial charge in [0, 0.05) is 18.5 Å². The van der Waals surface area contributed by atoms with Gasteiger partial charge in [0.1, 0.15) is 0 Å². The normalized spacial score (nSPS) is 10.2. The van der Waals surface area contributed by atoms with Crippen molar-refractivity contribution in [1.29, 1.82) is 0 Å². The molecule has 3 rings (SSSR count). The molecule has 0 unspecified atom stereocenters. The Kier molecular flexibility index (Phi) is 4.31. The zero-order valence-corrected chi connectivity index (χ0v) is 12.2. The molecular formula is C14H11N3O7. The molecule has 0 saturated carbocycles. The smallest absolute Gasteiger partial charge is 0.450 e. The fourth-order valence-corrected chi connectivity index (χ4v) is 2.32. The Morgan fingerprint density at radius 2 is 1.75 bits per heavy atom. The van der Waals surface area contributed by atoms with Crippen LogP contribution in [-0.4, -0.2) is 30.8 Å².